The van der Waals surface area contributed by atoms with E-state index in [1.165, 1.54) is 0 Å². The second-order valence-corrected chi connectivity index (χ2v) is 5.78. The lowest BCUT2D eigenvalue weighted by atomic mass is 10.1. The van der Waals surface area contributed by atoms with Crippen LogP contribution < -0.4 is 10.2 Å². The summed E-state index contributed by atoms with van der Waals surface area (Å²) in [5, 5.41) is 1.25. The van der Waals surface area contributed by atoms with E-state index >= 15 is 0 Å². The molecule has 0 radical (unpaired) electrons. The van der Waals surface area contributed by atoms with Crippen molar-refractivity contribution >= 4 is 27.6 Å². The highest BCUT2D eigenvalue weighted by atomic mass is 16.5. The number of hydrogen-bond acceptors (Lipinski definition) is 3. The minimum absolute atomic E-state index is 0.0174. The zero-order chi connectivity index (χ0) is 17.2. The number of fused-ring (bicyclic) bond motifs is 2. The maximum atomic E-state index is 12.5. The summed E-state index contributed by atoms with van der Waals surface area (Å²) in [6.07, 6.45) is 0. The predicted octanol–water partition coefficient (Wildman–Crippen LogP) is 3.94. The number of para-hydroxylation sites is 1. The summed E-state index contributed by atoms with van der Waals surface area (Å²) in [6.45, 7) is -0.0483. The maximum absolute atomic E-state index is 12.5. The minimum Gasteiger partial charge on any atom is -0.485 e. The van der Waals surface area contributed by atoms with Gasteiger partial charge in [0.25, 0.3) is 0 Å². The van der Waals surface area contributed by atoms with Gasteiger partial charge in [0.15, 0.2) is 17.8 Å². The van der Waals surface area contributed by atoms with Crippen LogP contribution in [0, 0.1) is 0 Å². The number of H-pyrrole nitrogens is 1. The molecule has 0 saturated heterocycles. The third-order valence-electron chi connectivity index (χ3n) is 4.14. The number of carbonyl (C=O) groups excluding carboxylic acids is 1. The Kier molecular flexibility index (Phi) is 3.78. The van der Waals surface area contributed by atoms with Crippen molar-refractivity contribution in [3.63, 3.8) is 0 Å². The van der Waals surface area contributed by atoms with Crippen LogP contribution in [0.1, 0.15) is 10.4 Å². The number of Topliss-reactive ketones (excluding diaryl/α,β-unsaturated/α-hetero) is 1. The summed E-state index contributed by atoms with van der Waals surface area (Å²) < 4.78 is 5.61. The molecule has 0 aliphatic rings. The minimum atomic E-state index is -0.0901. The standard InChI is InChI=1S/C21H15NO3/c23-20(14-6-2-1-3-7-14)13-25-15-10-11-17-19(12-15)22-18-9-5-4-8-16(18)21(17)24/h1-12H,13H2,(H,22,24). The highest BCUT2D eigenvalue weighted by Gasteiger charge is 2.09. The number of aromatic nitrogens is 1. The first-order valence-electron chi connectivity index (χ1n) is 7.98. The molecule has 0 aliphatic carbocycles. The average molecular weight is 329 g/mol. The monoisotopic (exact) mass is 329 g/mol. The van der Waals surface area contributed by atoms with E-state index < -0.39 is 0 Å². The fraction of sp³-hybridized carbons (Fsp3) is 0.0476. The number of benzene rings is 3. The summed E-state index contributed by atoms with van der Waals surface area (Å²) in [5.41, 5.74) is 2.06. The molecule has 0 unspecified atom stereocenters. The van der Waals surface area contributed by atoms with Crippen LogP contribution >= 0.6 is 0 Å². The number of ether oxygens (including phenoxy) is 1. The van der Waals surface area contributed by atoms with Crippen LogP contribution in [-0.2, 0) is 0 Å². The third kappa shape index (κ3) is 2.90. The van der Waals surface area contributed by atoms with E-state index in [9.17, 15) is 9.59 Å². The van der Waals surface area contributed by atoms with Crippen LogP contribution in [0.5, 0.6) is 5.75 Å². The fourth-order valence-electron chi connectivity index (χ4n) is 2.85. The Bertz CT molecular complexity index is 1130. The number of pyridine rings is 1. The first-order valence-corrected chi connectivity index (χ1v) is 7.98. The van der Waals surface area contributed by atoms with Crippen LogP contribution in [-0.4, -0.2) is 17.4 Å². The average Bonchev–Trinajstić information content (AvgIpc) is 2.67. The van der Waals surface area contributed by atoms with Crippen LogP contribution in [0.2, 0.25) is 0 Å². The molecule has 1 aromatic heterocycles. The quantitative estimate of drug-likeness (QED) is 0.456. The van der Waals surface area contributed by atoms with Gasteiger partial charge in [-0.25, -0.2) is 0 Å². The van der Waals surface area contributed by atoms with Crippen molar-refractivity contribution in [3.05, 3.63) is 88.6 Å². The first kappa shape index (κ1) is 15.1. The first-order chi connectivity index (χ1) is 12.2. The van der Waals surface area contributed by atoms with E-state index in [0.717, 1.165) is 5.52 Å². The second kappa shape index (κ2) is 6.24. The molecule has 4 rings (SSSR count). The SMILES string of the molecule is O=C(COc1ccc2c(=O)c3ccccc3[nH]c2c1)c1ccccc1. The van der Waals surface area contributed by atoms with Gasteiger partial charge in [0.2, 0.25) is 0 Å². The molecule has 3 aromatic carbocycles. The summed E-state index contributed by atoms with van der Waals surface area (Å²) in [7, 11) is 0. The summed E-state index contributed by atoms with van der Waals surface area (Å²) >= 11 is 0. The lowest BCUT2D eigenvalue weighted by Gasteiger charge is -2.08. The van der Waals surface area contributed by atoms with Gasteiger partial charge in [-0.1, -0.05) is 42.5 Å². The molecule has 0 bridgehead atoms. The Morgan fingerprint density at radius 2 is 1.56 bits per heavy atom. The number of hydrogen-bond donors (Lipinski definition) is 1. The van der Waals surface area contributed by atoms with Crippen molar-refractivity contribution in [2.75, 3.05) is 6.61 Å². The number of carbonyl (C=O) groups is 1. The Morgan fingerprint density at radius 1 is 0.840 bits per heavy atom. The highest BCUT2D eigenvalue weighted by Crippen LogP contribution is 2.20. The molecule has 1 N–H and O–H groups in total. The molecule has 4 nitrogen and oxygen atoms in total. The zero-order valence-electron chi connectivity index (χ0n) is 13.4. The zero-order valence-corrected chi connectivity index (χ0v) is 13.4. The van der Waals surface area contributed by atoms with Gasteiger partial charge in [-0.2, -0.15) is 0 Å². The van der Waals surface area contributed by atoms with E-state index in [1.54, 1.807) is 36.4 Å². The van der Waals surface area contributed by atoms with Crippen molar-refractivity contribution < 1.29 is 9.53 Å². The summed E-state index contributed by atoms with van der Waals surface area (Å²) in [4.78, 5) is 27.9. The van der Waals surface area contributed by atoms with Gasteiger partial charge in [-0.3, -0.25) is 9.59 Å². The van der Waals surface area contributed by atoms with E-state index in [-0.39, 0.29) is 17.8 Å². The van der Waals surface area contributed by atoms with Gasteiger partial charge in [-0.05, 0) is 24.3 Å². The normalized spacial score (nSPS) is 10.9. The number of ketones is 1. The van der Waals surface area contributed by atoms with E-state index in [2.05, 4.69) is 4.98 Å². The van der Waals surface area contributed by atoms with Crippen molar-refractivity contribution in [1.29, 1.82) is 0 Å². The van der Waals surface area contributed by atoms with Gasteiger partial charge in [0.05, 0.1) is 5.52 Å². The van der Waals surface area contributed by atoms with Gasteiger partial charge >= 0.3 is 0 Å². The van der Waals surface area contributed by atoms with Gasteiger partial charge in [-0.15, -0.1) is 0 Å². The Hall–Kier alpha value is -3.40. The molecule has 0 amide bonds. The maximum Gasteiger partial charge on any atom is 0.200 e. The summed E-state index contributed by atoms with van der Waals surface area (Å²) in [6, 6.07) is 21.6. The van der Waals surface area contributed by atoms with Crippen molar-refractivity contribution in [2.45, 2.75) is 0 Å². The molecule has 4 aromatic rings. The topological polar surface area (TPSA) is 59.2 Å². The Balaban J connectivity index is 1.64. The molecule has 0 fully saturated rings. The highest BCUT2D eigenvalue weighted by molar-refractivity contribution is 5.97. The van der Waals surface area contributed by atoms with Crippen LogP contribution in [0.15, 0.2) is 77.6 Å². The predicted molar refractivity (Wildman–Crippen MR) is 98.3 cm³/mol. The van der Waals surface area contributed by atoms with Gasteiger partial charge in [0, 0.05) is 27.9 Å². The molecule has 0 spiro atoms. The molecule has 0 atom stereocenters. The number of nitrogens with one attached hydrogen (secondary N) is 1. The van der Waals surface area contributed by atoms with Gasteiger partial charge in [0.1, 0.15) is 5.75 Å². The molecular formula is C21H15NO3. The molecule has 122 valence electrons. The van der Waals surface area contributed by atoms with Crippen molar-refractivity contribution in [3.8, 4) is 5.75 Å². The summed E-state index contributed by atoms with van der Waals surface area (Å²) in [5.74, 6) is 0.454. The second-order valence-electron chi connectivity index (χ2n) is 5.78. The lowest BCUT2D eigenvalue weighted by Crippen LogP contribution is -2.11. The van der Waals surface area contributed by atoms with Crippen LogP contribution in [0.4, 0.5) is 0 Å². The van der Waals surface area contributed by atoms with Gasteiger partial charge < -0.3 is 9.72 Å². The number of rotatable bonds is 4. The molecule has 25 heavy (non-hydrogen) atoms. The molecule has 0 aliphatic heterocycles. The third-order valence-corrected chi connectivity index (χ3v) is 4.14. The van der Waals surface area contributed by atoms with Crippen LogP contribution in [0.25, 0.3) is 21.8 Å². The molecular weight excluding hydrogens is 314 g/mol. The van der Waals surface area contributed by atoms with Crippen LogP contribution in [0.3, 0.4) is 0 Å². The lowest BCUT2D eigenvalue weighted by molar-refractivity contribution is 0.0921. The van der Waals surface area contributed by atoms with Crippen molar-refractivity contribution in [2.24, 2.45) is 0 Å². The Labute approximate surface area is 143 Å². The molecule has 0 saturated carbocycles. The smallest absolute Gasteiger partial charge is 0.200 e. The largest absolute Gasteiger partial charge is 0.485 e. The van der Waals surface area contributed by atoms with E-state index in [0.29, 0.717) is 27.6 Å². The molecule has 4 heteroatoms. The van der Waals surface area contributed by atoms with E-state index in [4.69, 9.17) is 4.74 Å². The molecule has 1 heterocycles. The Morgan fingerprint density at radius 3 is 2.40 bits per heavy atom. The fourth-order valence-corrected chi connectivity index (χ4v) is 2.85. The van der Waals surface area contributed by atoms with E-state index in [1.807, 2.05) is 36.4 Å². The number of aromatic amines is 1. The van der Waals surface area contributed by atoms with Crippen molar-refractivity contribution in [1.82, 2.24) is 4.98 Å².